The molecule has 0 fully saturated rings. The molecule has 0 saturated carbocycles. The van der Waals surface area contributed by atoms with E-state index >= 15 is 0 Å². The predicted octanol–water partition coefficient (Wildman–Crippen LogP) is 3.71. The van der Waals surface area contributed by atoms with Crippen LogP contribution in [0.4, 0.5) is 5.69 Å². The summed E-state index contributed by atoms with van der Waals surface area (Å²) >= 11 is 8.59. The Morgan fingerprint density at radius 2 is 2.18 bits per heavy atom. The highest BCUT2D eigenvalue weighted by Gasteiger charge is 2.14. The molecule has 0 aliphatic heterocycles. The smallest absolute Gasteiger partial charge is 0.106 e. The molecule has 17 heavy (non-hydrogen) atoms. The summed E-state index contributed by atoms with van der Waals surface area (Å²) in [6.07, 6.45) is 2.32. The third kappa shape index (κ3) is 3.68. The third-order valence-electron chi connectivity index (χ3n) is 2.97. The van der Waals surface area contributed by atoms with Crippen LogP contribution in [0.1, 0.15) is 32.3 Å². The number of benzene rings is 1. The maximum absolute atomic E-state index is 5.77. The molecule has 2 nitrogen and oxygen atoms in total. The van der Waals surface area contributed by atoms with Gasteiger partial charge in [0.2, 0.25) is 0 Å². The van der Waals surface area contributed by atoms with E-state index in [1.807, 2.05) is 12.1 Å². The minimum Gasteiger partial charge on any atom is -0.389 e. The van der Waals surface area contributed by atoms with E-state index in [1.54, 1.807) is 0 Å². The minimum absolute atomic E-state index is 0.447. The lowest BCUT2D eigenvalue weighted by atomic mass is 10.1. The van der Waals surface area contributed by atoms with E-state index in [1.165, 1.54) is 6.42 Å². The Kier molecular flexibility index (Phi) is 5.40. The summed E-state index contributed by atoms with van der Waals surface area (Å²) in [5.74, 6) is 0. The highest BCUT2D eigenvalue weighted by atomic mass is 79.9. The van der Waals surface area contributed by atoms with Crippen molar-refractivity contribution in [3.63, 3.8) is 0 Å². The van der Waals surface area contributed by atoms with Gasteiger partial charge in [-0.3, -0.25) is 0 Å². The van der Waals surface area contributed by atoms with Crippen LogP contribution >= 0.6 is 28.1 Å². The topological polar surface area (TPSA) is 29.3 Å². The van der Waals surface area contributed by atoms with Crippen molar-refractivity contribution in [2.24, 2.45) is 5.73 Å². The highest BCUT2D eigenvalue weighted by molar-refractivity contribution is 9.10. The lowest BCUT2D eigenvalue weighted by Gasteiger charge is -2.29. The lowest BCUT2D eigenvalue weighted by Crippen LogP contribution is -2.30. The Balaban J connectivity index is 3.10. The Labute approximate surface area is 117 Å². The van der Waals surface area contributed by atoms with E-state index in [9.17, 15) is 0 Å². The first-order valence-electron chi connectivity index (χ1n) is 5.79. The van der Waals surface area contributed by atoms with Gasteiger partial charge in [-0.2, -0.15) is 0 Å². The molecule has 1 unspecified atom stereocenters. The standard InChI is InChI=1S/C13H19BrN2S/c1-4-5-9(2)16(3)12-8-10(14)6-7-11(12)13(15)17/h6-9H,4-5H2,1-3H3,(H2,15,17). The normalized spacial score (nSPS) is 12.2. The number of rotatable bonds is 5. The first-order valence-corrected chi connectivity index (χ1v) is 6.99. The summed E-state index contributed by atoms with van der Waals surface area (Å²) < 4.78 is 1.04. The van der Waals surface area contributed by atoms with Gasteiger partial charge >= 0.3 is 0 Å². The number of nitrogens with two attached hydrogens (primary N) is 1. The van der Waals surface area contributed by atoms with Crippen LogP contribution in [-0.4, -0.2) is 18.1 Å². The van der Waals surface area contributed by atoms with E-state index < -0.39 is 0 Å². The molecule has 0 saturated heterocycles. The van der Waals surface area contributed by atoms with Crippen molar-refractivity contribution in [3.05, 3.63) is 28.2 Å². The molecule has 0 spiro atoms. The fraction of sp³-hybridized carbons (Fsp3) is 0.462. The molecular formula is C13H19BrN2S. The van der Waals surface area contributed by atoms with E-state index in [2.05, 4.69) is 47.8 Å². The zero-order valence-electron chi connectivity index (χ0n) is 10.5. The molecule has 0 radical (unpaired) electrons. The fourth-order valence-electron chi connectivity index (χ4n) is 1.85. The zero-order valence-corrected chi connectivity index (χ0v) is 12.9. The first kappa shape index (κ1) is 14.5. The Bertz CT molecular complexity index is 406. The average Bonchev–Trinajstić information content (AvgIpc) is 2.27. The molecular weight excluding hydrogens is 296 g/mol. The van der Waals surface area contributed by atoms with E-state index in [0.29, 0.717) is 11.0 Å². The van der Waals surface area contributed by atoms with Gasteiger partial charge in [-0.05, 0) is 31.5 Å². The van der Waals surface area contributed by atoms with Gasteiger partial charge < -0.3 is 10.6 Å². The van der Waals surface area contributed by atoms with Crippen LogP contribution in [0.15, 0.2) is 22.7 Å². The fourth-order valence-corrected chi connectivity index (χ4v) is 2.38. The Morgan fingerprint density at radius 1 is 1.53 bits per heavy atom. The van der Waals surface area contributed by atoms with Gasteiger partial charge in [0.25, 0.3) is 0 Å². The zero-order chi connectivity index (χ0) is 13.0. The number of hydrogen-bond donors (Lipinski definition) is 1. The van der Waals surface area contributed by atoms with Crippen molar-refractivity contribution in [3.8, 4) is 0 Å². The van der Waals surface area contributed by atoms with Crippen molar-refractivity contribution in [2.45, 2.75) is 32.7 Å². The molecule has 1 aromatic rings. The molecule has 0 aromatic heterocycles. The summed E-state index contributed by atoms with van der Waals surface area (Å²) in [4.78, 5) is 2.69. The highest BCUT2D eigenvalue weighted by Crippen LogP contribution is 2.26. The maximum Gasteiger partial charge on any atom is 0.106 e. The van der Waals surface area contributed by atoms with Gasteiger partial charge in [0.1, 0.15) is 4.99 Å². The molecule has 0 bridgehead atoms. The number of hydrogen-bond acceptors (Lipinski definition) is 2. The largest absolute Gasteiger partial charge is 0.389 e. The molecule has 2 N–H and O–H groups in total. The van der Waals surface area contributed by atoms with Crippen LogP contribution < -0.4 is 10.6 Å². The second-order valence-electron chi connectivity index (χ2n) is 4.27. The van der Waals surface area contributed by atoms with Gasteiger partial charge in [-0.1, -0.05) is 41.5 Å². The van der Waals surface area contributed by atoms with Gasteiger partial charge in [0, 0.05) is 28.8 Å². The first-order chi connectivity index (χ1) is 7.97. The van der Waals surface area contributed by atoms with E-state index in [-0.39, 0.29) is 0 Å². The van der Waals surface area contributed by atoms with Crippen LogP contribution in [-0.2, 0) is 0 Å². The second-order valence-corrected chi connectivity index (χ2v) is 5.63. The van der Waals surface area contributed by atoms with Gasteiger partial charge in [-0.15, -0.1) is 0 Å². The molecule has 0 amide bonds. The lowest BCUT2D eigenvalue weighted by molar-refractivity contribution is 0.616. The van der Waals surface area contributed by atoms with E-state index in [4.69, 9.17) is 18.0 Å². The van der Waals surface area contributed by atoms with Crippen LogP contribution in [0.25, 0.3) is 0 Å². The third-order valence-corrected chi connectivity index (χ3v) is 3.69. The number of nitrogens with zero attached hydrogens (tertiary/aromatic N) is 1. The van der Waals surface area contributed by atoms with Crippen molar-refractivity contribution >= 4 is 38.8 Å². The summed E-state index contributed by atoms with van der Waals surface area (Å²) in [7, 11) is 2.09. The summed E-state index contributed by atoms with van der Waals surface area (Å²) in [6.45, 7) is 4.41. The Morgan fingerprint density at radius 3 is 2.71 bits per heavy atom. The number of anilines is 1. The monoisotopic (exact) mass is 314 g/mol. The second kappa shape index (κ2) is 6.36. The van der Waals surface area contributed by atoms with E-state index in [0.717, 1.165) is 22.1 Å². The average molecular weight is 315 g/mol. The molecule has 1 atom stereocenters. The number of halogens is 1. The van der Waals surface area contributed by atoms with Gasteiger partial charge in [0.05, 0.1) is 0 Å². The van der Waals surface area contributed by atoms with Crippen LogP contribution in [0.5, 0.6) is 0 Å². The van der Waals surface area contributed by atoms with Gasteiger partial charge in [0.15, 0.2) is 0 Å². The van der Waals surface area contributed by atoms with Crippen molar-refractivity contribution < 1.29 is 0 Å². The number of thiocarbonyl (C=S) groups is 1. The summed E-state index contributed by atoms with van der Waals surface area (Å²) in [5.41, 5.74) is 7.80. The quantitative estimate of drug-likeness (QED) is 0.840. The molecule has 1 aromatic carbocycles. The van der Waals surface area contributed by atoms with Gasteiger partial charge in [-0.25, -0.2) is 0 Å². The van der Waals surface area contributed by atoms with Crippen LogP contribution in [0.2, 0.25) is 0 Å². The van der Waals surface area contributed by atoms with Crippen LogP contribution in [0.3, 0.4) is 0 Å². The summed E-state index contributed by atoms with van der Waals surface area (Å²) in [6, 6.07) is 6.48. The van der Waals surface area contributed by atoms with Crippen LogP contribution in [0, 0.1) is 0 Å². The molecule has 94 valence electrons. The molecule has 0 aliphatic carbocycles. The molecule has 0 heterocycles. The maximum atomic E-state index is 5.77. The van der Waals surface area contributed by atoms with Crippen molar-refractivity contribution in [1.82, 2.24) is 0 Å². The SMILES string of the molecule is CCCC(C)N(C)c1cc(Br)ccc1C(N)=S. The minimum atomic E-state index is 0.447. The Hall–Kier alpha value is -0.610. The predicted molar refractivity (Wildman–Crippen MR) is 82.8 cm³/mol. The summed E-state index contributed by atoms with van der Waals surface area (Å²) in [5, 5.41) is 0. The van der Waals surface area contributed by atoms with Crippen molar-refractivity contribution in [2.75, 3.05) is 11.9 Å². The molecule has 1 rings (SSSR count). The van der Waals surface area contributed by atoms with Crippen molar-refractivity contribution in [1.29, 1.82) is 0 Å². The molecule has 4 heteroatoms. The molecule has 0 aliphatic rings.